The van der Waals surface area contributed by atoms with Crippen molar-refractivity contribution in [2.45, 2.75) is 51.9 Å². The summed E-state index contributed by atoms with van der Waals surface area (Å²) in [5.74, 6) is 1.71. The van der Waals surface area contributed by atoms with Crippen LogP contribution in [0.4, 0.5) is 0 Å². The quantitative estimate of drug-likeness (QED) is 0.573. The fourth-order valence-corrected chi connectivity index (χ4v) is 5.22. The normalized spacial score (nSPS) is 22.2. The molecule has 0 saturated carbocycles. The Balaban J connectivity index is 1.35. The van der Waals surface area contributed by atoms with Gasteiger partial charge in [0.05, 0.1) is 0 Å². The highest BCUT2D eigenvalue weighted by Gasteiger charge is 2.23. The second-order valence-electron chi connectivity index (χ2n) is 8.34. The first-order valence-electron chi connectivity index (χ1n) is 10.4. The van der Waals surface area contributed by atoms with Gasteiger partial charge in [-0.05, 0) is 100 Å². The molecule has 0 N–H and O–H groups in total. The summed E-state index contributed by atoms with van der Waals surface area (Å²) in [6.07, 6.45) is 8.67. The molecule has 0 aliphatic carbocycles. The smallest absolute Gasteiger partial charge is 0.219 e. The summed E-state index contributed by atoms with van der Waals surface area (Å²) in [7, 11) is 0. The molecular weight excluding hydrogens is 424 g/mol. The van der Waals surface area contributed by atoms with Gasteiger partial charge in [-0.2, -0.15) is 0 Å². The number of carbonyl (C=O) groups is 1. The Morgan fingerprint density at radius 2 is 1.96 bits per heavy atom. The number of hydrogen-bond donors (Lipinski definition) is 0. The molecular formula is C22H32BrClN2O. The number of likely N-dealkylation sites (tertiary alicyclic amines) is 2. The second kappa shape index (κ2) is 10.3. The average molecular weight is 456 g/mol. The van der Waals surface area contributed by atoms with Crippen molar-refractivity contribution in [2.24, 2.45) is 11.8 Å². The largest absolute Gasteiger partial charge is 0.343 e. The number of piperidine rings is 2. The van der Waals surface area contributed by atoms with Crippen LogP contribution in [0, 0.1) is 11.8 Å². The van der Waals surface area contributed by atoms with E-state index in [-0.39, 0.29) is 5.91 Å². The number of benzene rings is 1. The third-order valence-electron chi connectivity index (χ3n) is 6.27. The van der Waals surface area contributed by atoms with Crippen molar-refractivity contribution in [3.8, 4) is 0 Å². The van der Waals surface area contributed by atoms with Gasteiger partial charge < -0.3 is 9.80 Å². The Bertz CT molecular complexity index is 631. The molecule has 27 heavy (non-hydrogen) atoms. The monoisotopic (exact) mass is 454 g/mol. The summed E-state index contributed by atoms with van der Waals surface area (Å²) < 4.78 is 1.18. The molecule has 1 aromatic carbocycles. The molecule has 150 valence electrons. The van der Waals surface area contributed by atoms with E-state index in [9.17, 15) is 4.79 Å². The van der Waals surface area contributed by atoms with E-state index in [0.29, 0.717) is 5.92 Å². The maximum absolute atomic E-state index is 11.6. The summed E-state index contributed by atoms with van der Waals surface area (Å²) in [4.78, 5) is 16.2. The van der Waals surface area contributed by atoms with E-state index in [1.807, 2.05) is 11.0 Å². The lowest BCUT2D eigenvalue weighted by atomic mass is 9.89. The molecule has 2 heterocycles. The molecule has 1 atom stereocenters. The average Bonchev–Trinajstić information content (AvgIpc) is 2.66. The molecule has 2 aliphatic heterocycles. The van der Waals surface area contributed by atoms with Crippen molar-refractivity contribution in [3.63, 3.8) is 0 Å². The molecule has 3 rings (SSSR count). The van der Waals surface area contributed by atoms with E-state index in [1.54, 1.807) is 6.92 Å². The zero-order chi connectivity index (χ0) is 19.2. The Labute approximate surface area is 177 Å². The standard InChI is InChI=1S/C22H32BrClN2O/c1-17(27)26-11-3-5-19(16-26)4-2-10-25-12-8-18(9-13-25)14-20-15-21(24)6-7-22(20)23/h6-7,15,18-19H,2-5,8-14,16H2,1H3. The first-order valence-corrected chi connectivity index (χ1v) is 11.6. The third-order valence-corrected chi connectivity index (χ3v) is 7.28. The molecule has 0 bridgehead atoms. The lowest BCUT2D eigenvalue weighted by molar-refractivity contribution is -0.130. The van der Waals surface area contributed by atoms with Crippen molar-refractivity contribution in [1.29, 1.82) is 0 Å². The fourth-order valence-electron chi connectivity index (χ4n) is 4.62. The van der Waals surface area contributed by atoms with E-state index in [4.69, 9.17) is 11.6 Å². The van der Waals surface area contributed by atoms with Crippen LogP contribution in [0.25, 0.3) is 0 Å². The Morgan fingerprint density at radius 3 is 2.70 bits per heavy atom. The van der Waals surface area contributed by atoms with Crippen LogP contribution in [-0.4, -0.2) is 48.4 Å². The number of amides is 1. The molecule has 0 aromatic heterocycles. The van der Waals surface area contributed by atoms with Crippen molar-refractivity contribution in [1.82, 2.24) is 9.80 Å². The molecule has 3 nitrogen and oxygen atoms in total. The van der Waals surface area contributed by atoms with E-state index in [0.717, 1.165) is 30.5 Å². The van der Waals surface area contributed by atoms with E-state index in [1.165, 1.54) is 68.2 Å². The van der Waals surface area contributed by atoms with Crippen LogP contribution in [0.5, 0.6) is 0 Å². The van der Waals surface area contributed by atoms with Crippen LogP contribution >= 0.6 is 27.5 Å². The Kier molecular flexibility index (Phi) is 8.04. The van der Waals surface area contributed by atoms with Crippen molar-refractivity contribution < 1.29 is 4.79 Å². The number of carbonyl (C=O) groups excluding carboxylic acids is 1. The van der Waals surface area contributed by atoms with Crippen LogP contribution in [0.2, 0.25) is 5.02 Å². The van der Waals surface area contributed by atoms with Gasteiger partial charge >= 0.3 is 0 Å². The number of nitrogens with zero attached hydrogens (tertiary/aromatic N) is 2. The van der Waals surface area contributed by atoms with E-state index in [2.05, 4.69) is 33.0 Å². The summed E-state index contributed by atoms with van der Waals surface area (Å²) in [5, 5.41) is 0.830. The maximum Gasteiger partial charge on any atom is 0.219 e. The summed E-state index contributed by atoms with van der Waals surface area (Å²) in [5.41, 5.74) is 1.34. The molecule has 5 heteroatoms. The van der Waals surface area contributed by atoms with Crippen LogP contribution < -0.4 is 0 Å². The lowest BCUT2D eigenvalue weighted by Crippen LogP contribution is -2.39. The summed E-state index contributed by atoms with van der Waals surface area (Å²) >= 11 is 9.82. The Morgan fingerprint density at radius 1 is 1.19 bits per heavy atom. The number of halogens is 2. The van der Waals surface area contributed by atoms with Gasteiger partial charge in [-0.25, -0.2) is 0 Å². The SMILES string of the molecule is CC(=O)N1CCCC(CCCN2CCC(Cc3cc(Cl)ccc3Br)CC2)C1. The van der Waals surface area contributed by atoms with Gasteiger partial charge in [0.15, 0.2) is 0 Å². The lowest BCUT2D eigenvalue weighted by Gasteiger charge is -2.34. The summed E-state index contributed by atoms with van der Waals surface area (Å²) in [6, 6.07) is 6.11. The molecule has 0 spiro atoms. The van der Waals surface area contributed by atoms with Crippen LogP contribution in [0.15, 0.2) is 22.7 Å². The van der Waals surface area contributed by atoms with E-state index >= 15 is 0 Å². The van der Waals surface area contributed by atoms with Gasteiger partial charge in [-0.3, -0.25) is 4.79 Å². The number of hydrogen-bond acceptors (Lipinski definition) is 2. The highest BCUT2D eigenvalue weighted by molar-refractivity contribution is 9.10. The van der Waals surface area contributed by atoms with Crippen molar-refractivity contribution >= 4 is 33.4 Å². The summed E-state index contributed by atoms with van der Waals surface area (Å²) in [6.45, 7) is 7.28. The molecule has 2 aliphatic rings. The first-order chi connectivity index (χ1) is 13.0. The van der Waals surface area contributed by atoms with Gasteiger partial charge in [0.1, 0.15) is 0 Å². The predicted octanol–water partition coefficient (Wildman–Crippen LogP) is 5.40. The fraction of sp³-hybridized carbons (Fsp3) is 0.682. The molecule has 0 radical (unpaired) electrons. The molecule has 1 amide bonds. The van der Waals surface area contributed by atoms with Crippen LogP contribution in [-0.2, 0) is 11.2 Å². The first kappa shape index (κ1) is 21.1. The highest BCUT2D eigenvalue weighted by atomic mass is 79.9. The minimum absolute atomic E-state index is 0.244. The molecule has 1 unspecified atom stereocenters. The maximum atomic E-state index is 11.6. The van der Waals surface area contributed by atoms with Crippen molar-refractivity contribution in [2.75, 3.05) is 32.7 Å². The third kappa shape index (κ3) is 6.47. The molecule has 2 saturated heterocycles. The van der Waals surface area contributed by atoms with E-state index < -0.39 is 0 Å². The van der Waals surface area contributed by atoms with Gasteiger partial charge in [-0.1, -0.05) is 27.5 Å². The molecule has 2 fully saturated rings. The van der Waals surface area contributed by atoms with Gasteiger partial charge in [0.25, 0.3) is 0 Å². The minimum Gasteiger partial charge on any atom is -0.343 e. The van der Waals surface area contributed by atoms with Gasteiger partial charge in [0.2, 0.25) is 5.91 Å². The van der Waals surface area contributed by atoms with Gasteiger partial charge in [-0.15, -0.1) is 0 Å². The number of rotatable bonds is 6. The van der Waals surface area contributed by atoms with Crippen molar-refractivity contribution in [3.05, 3.63) is 33.3 Å². The second-order valence-corrected chi connectivity index (χ2v) is 9.63. The van der Waals surface area contributed by atoms with Crippen LogP contribution in [0.3, 0.4) is 0 Å². The predicted molar refractivity (Wildman–Crippen MR) is 116 cm³/mol. The zero-order valence-corrected chi connectivity index (χ0v) is 18.8. The molecule has 1 aromatic rings. The van der Waals surface area contributed by atoms with Crippen LogP contribution in [0.1, 0.15) is 51.0 Å². The minimum atomic E-state index is 0.244. The topological polar surface area (TPSA) is 23.6 Å². The highest BCUT2D eigenvalue weighted by Crippen LogP contribution is 2.28. The van der Waals surface area contributed by atoms with Gasteiger partial charge in [0, 0.05) is 29.5 Å². The Hall–Kier alpha value is -0.580. The zero-order valence-electron chi connectivity index (χ0n) is 16.4.